The summed E-state index contributed by atoms with van der Waals surface area (Å²) in [4.78, 5) is 29.3. The average Bonchev–Trinajstić information content (AvgIpc) is 2.71. The molecule has 0 fully saturated rings. The highest BCUT2D eigenvalue weighted by Gasteiger charge is 2.13. The third-order valence-corrected chi connectivity index (χ3v) is 4.83. The maximum Gasteiger partial charge on any atom is 0.338 e. The number of carbonyl (C=O) groups excluding carboxylic acids is 2. The number of pyridine rings is 1. The maximum atomic E-state index is 12.2. The van der Waals surface area contributed by atoms with Gasteiger partial charge in [-0.2, -0.15) is 5.26 Å². The van der Waals surface area contributed by atoms with Crippen molar-refractivity contribution < 1.29 is 14.3 Å². The molecule has 0 spiro atoms. The molecule has 28 heavy (non-hydrogen) atoms. The van der Waals surface area contributed by atoms with Crippen molar-refractivity contribution in [3.05, 3.63) is 65.3 Å². The fraction of sp³-hybridized carbons (Fsp3) is 0.100. The Morgan fingerprint density at radius 1 is 1.18 bits per heavy atom. The molecule has 1 N–H and O–H groups in total. The first-order chi connectivity index (χ1) is 13.6. The lowest BCUT2D eigenvalue weighted by Crippen LogP contribution is -2.21. The highest BCUT2D eigenvalue weighted by Crippen LogP contribution is 2.26. The largest absolute Gasteiger partial charge is 0.452 e. The van der Waals surface area contributed by atoms with Gasteiger partial charge in [0.25, 0.3) is 5.91 Å². The molecule has 3 aromatic rings. The molecule has 0 aliphatic rings. The Bertz CT molecular complexity index is 1080. The molecule has 0 bridgehead atoms. The number of benzene rings is 2. The number of ether oxygens (including phenoxy) is 1. The highest BCUT2D eigenvalue weighted by atomic mass is 35.5. The topological polar surface area (TPSA) is 92.1 Å². The standard InChI is InChI=1S/C20H14ClN3O3S/c21-18-8-6-13-11-14(5-7-15(13)23-18)20(26)27-12-19(25)24-16-3-1-2-4-17(16)28-10-9-22/h1-8,11H,10,12H2,(H,24,25). The zero-order chi connectivity index (χ0) is 19.9. The van der Waals surface area contributed by atoms with E-state index in [1.807, 2.05) is 12.1 Å². The first-order valence-corrected chi connectivity index (χ1v) is 9.55. The van der Waals surface area contributed by atoms with Gasteiger partial charge in [-0.3, -0.25) is 4.79 Å². The summed E-state index contributed by atoms with van der Waals surface area (Å²) < 4.78 is 5.10. The van der Waals surface area contributed by atoms with Gasteiger partial charge in [-0.1, -0.05) is 23.7 Å². The van der Waals surface area contributed by atoms with Crippen molar-refractivity contribution >= 4 is 51.8 Å². The lowest BCUT2D eigenvalue weighted by molar-refractivity contribution is -0.119. The van der Waals surface area contributed by atoms with Crippen LogP contribution in [0.2, 0.25) is 5.15 Å². The van der Waals surface area contributed by atoms with Crippen molar-refractivity contribution in [1.82, 2.24) is 4.98 Å². The molecule has 0 aliphatic carbocycles. The molecule has 0 atom stereocenters. The predicted molar refractivity (Wildman–Crippen MR) is 108 cm³/mol. The van der Waals surface area contributed by atoms with Crippen molar-refractivity contribution in [3.8, 4) is 6.07 Å². The van der Waals surface area contributed by atoms with Gasteiger partial charge in [-0.15, -0.1) is 11.8 Å². The van der Waals surface area contributed by atoms with Crippen LogP contribution in [0, 0.1) is 11.3 Å². The first kappa shape index (κ1) is 19.7. The van der Waals surface area contributed by atoms with Crippen molar-refractivity contribution in [2.24, 2.45) is 0 Å². The minimum atomic E-state index is -0.612. The second kappa shape index (κ2) is 9.22. The number of amides is 1. The third-order valence-electron chi connectivity index (χ3n) is 3.68. The Balaban J connectivity index is 1.61. The van der Waals surface area contributed by atoms with Crippen molar-refractivity contribution in [1.29, 1.82) is 5.26 Å². The van der Waals surface area contributed by atoms with Gasteiger partial charge in [0.1, 0.15) is 5.15 Å². The molecular formula is C20H14ClN3O3S. The zero-order valence-corrected chi connectivity index (χ0v) is 16.1. The van der Waals surface area contributed by atoms with Crippen molar-refractivity contribution in [2.45, 2.75) is 4.90 Å². The number of hydrogen-bond acceptors (Lipinski definition) is 6. The van der Waals surface area contributed by atoms with Gasteiger partial charge in [0.05, 0.1) is 28.6 Å². The number of anilines is 1. The van der Waals surface area contributed by atoms with Crippen molar-refractivity contribution in [3.63, 3.8) is 0 Å². The summed E-state index contributed by atoms with van der Waals surface area (Å²) >= 11 is 7.16. The van der Waals surface area contributed by atoms with E-state index >= 15 is 0 Å². The van der Waals surface area contributed by atoms with Gasteiger partial charge in [-0.25, -0.2) is 9.78 Å². The van der Waals surface area contributed by atoms with Crippen LogP contribution in [0.4, 0.5) is 5.69 Å². The van der Waals surface area contributed by atoms with E-state index in [-0.39, 0.29) is 5.75 Å². The quantitative estimate of drug-likeness (QED) is 0.369. The summed E-state index contributed by atoms with van der Waals surface area (Å²) in [6.07, 6.45) is 0. The maximum absolute atomic E-state index is 12.2. The monoisotopic (exact) mass is 411 g/mol. The van der Waals surface area contributed by atoms with E-state index in [1.54, 1.807) is 48.5 Å². The summed E-state index contributed by atoms with van der Waals surface area (Å²) in [5, 5.41) is 12.5. The Kier molecular flexibility index (Phi) is 6.48. The minimum absolute atomic E-state index is 0.268. The second-order valence-electron chi connectivity index (χ2n) is 5.61. The molecule has 0 unspecified atom stereocenters. The number of fused-ring (bicyclic) bond motifs is 1. The Morgan fingerprint density at radius 3 is 2.82 bits per heavy atom. The molecular weight excluding hydrogens is 398 g/mol. The van der Waals surface area contributed by atoms with Crippen LogP contribution in [0.25, 0.3) is 10.9 Å². The fourth-order valence-corrected chi connectivity index (χ4v) is 3.26. The number of para-hydroxylation sites is 1. The number of halogens is 1. The van der Waals surface area contributed by atoms with Crippen LogP contribution in [0.1, 0.15) is 10.4 Å². The Hall–Kier alpha value is -3.08. The summed E-state index contributed by atoms with van der Waals surface area (Å²) in [6, 6.07) is 17.4. The van der Waals surface area contributed by atoms with Crippen LogP contribution in [0.5, 0.6) is 0 Å². The second-order valence-corrected chi connectivity index (χ2v) is 7.01. The molecule has 6 nitrogen and oxygen atoms in total. The summed E-state index contributed by atoms with van der Waals surface area (Å²) in [5.41, 5.74) is 1.54. The van der Waals surface area contributed by atoms with E-state index in [0.29, 0.717) is 21.9 Å². The smallest absolute Gasteiger partial charge is 0.338 e. The Labute approximate surface area is 170 Å². The number of nitriles is 1. The molecule has 1 aromatic heterocycles. The minimum Gasteiger partial charge on any atom is -0.452 e. The number of nitrogens with one attached hydrogen (secondary N) is 1. The van der Waals surface area contributed by atoms with Crippen molar-refractivity contribution in [2.75, 3.05) is 17.7 Å². The number of hydrogen-bond donors (Lipinski definition) is 1. The molecule has 0 radical (unpaired) electrons. The van der Waals surface area contributed by atoms with Gasteiger partial charge in [0.15, 0.2) is 6.61 Å². The predicted octanol–water partition coefficient (Wildman–Crippen LogP) is 4.30. The van der Waals surface area contributed by atoms with E-state index in [2.05, 4.69) is 10.3 Å². The van der Waals surface area contributed by atoms with Crippen LogP contribution < -0.4 is 5.32 Å². The van der Waals surface area contributed by atoms with Crippen LogP contribution in [-0.4, -0.2) is 29.2 Å². The molecule has 2 aromatic carbocycles. The average molecular weight is 412 g/mol. The highest BCUT2D eigenvalue weighted by molar-refractivity contribution is 7.99. The van der Waals surface area contributed by atoms with Crippen LogP contribution in [-0.2, 0) is 9.53 Å². The first-order valence-electron chi connectivity index (χ1n) is 8.19. The zero-order valence-electron chi connectivity index (χ0n) is 14.5. The molecule has 0 saturated heterocycles. The molecule has 0 saturated carbocycles. The molecule has 1 amide bonds. The van der Waals surface area contributed by atoms with E-state index in [4.69, 9.17) is 21.6 Å². The lowest BCUT2D eigenvalue weighted by atomic mass is 10.1. The Morgan fingerprint density at radius 2 is 2.00 bits per heavy atom. The van der Waals surface area contributed by atoms with Crippen LogP contribution >= 0.6 is 23.4 Å². The summed E-state index contributed by atoms with van der Waals surface area (Å²) in [5.74, 6) is -0.809. The third kappa shape index (κ3) is 5.00. The number of rotatable bonds is 6. The number of esters is 1. The van der Waals surface area contributed by atoms with Gasteiger partial charge in [0, 0.05) is 10.3 Å². The summed E-state index contributed by atoms with van der Waals surface area (Å²) in [7, 11) is 0. The summed E-state index contributed by atoms with van der Waals surface area (Å²) in [6.45, 7) is -0.424. The van der Waals surface area contributed by atoms with Crippen LogP contribution in [0.15, 0.2) is 59.5 Å². The molecule has 3 rings (SSSR count). The van der Waals surface area contributed by atoms with E-state index in [1.165, 1.54) is 11.8 Å². The molecule has 0 aliphatic heterocycles. The van der Waals surface area contributed by atoms with E-state index < -0.39 is 18.5 Å². The van der Waals surface area contributed by atoms with Gasteiger partial charge >= 0.3 is 5.97 Å². The number of nitrogens with zero attached hydrogens (tertiary/aromatic N) is 2. The fourth-order valence-electron chi connectivity index (χ4n) is 2.43. The molecule has 1 heterocycles. The van der Waals surface area contributed by atoms with E-state index in [9.17, 15) is 9.59 Å². The van der Waals surface area contributed by atoms with E-state index in [0.717, 1.165) is 10.3 Å². The number of thioether (sulfide) groups is 1. The van der Waals surface area contributed by atoms with Gasteiger partial charge in [-0.05, 0) is 42.5 Å². The number of carbonyl (C=O) groups is 2. The molecule has 140 valence electrons. The van der Waals surface area contributed by atoms with Gasteiger partial charge < -0.3 is 10.1 Å². The van der Waals surface area contributed by atoms with Crippen LogP contribution in [0.3, 0.4) is 0 Å². The SMILES string of the molecule is N#CCSc1ccccc1NC(=O)COC(=O)c1ccc2nc(Cl)ccc2c1. The number of aromatic nitrogens is 1. The normalized spacial score (nSPS) is 10.3. The lowest BCUT2D eigenvalue weighted by Gasteiger charge is -2.10. The van der Waals surface area contributed by atoms with Gasteiger partial charge in [0.2, 0.25) is 0 Å². The molecule has 8 heteroatoms.